The molecule has 0 saturated heterocycles. The molecule has 0 amide bonds. The highest BCUT2D eigenvalue weighted by molar-refractivity contribution is 7.09. The molecule has 2 heterocycles. The number of nitrogens with one attached hydrogen (secondary N) is 1. The molecule has 20 heavy (non-hydrogen) atoms. The molecule has 0 aliphatic heterocycles. The van der Waals surface area contributed by atoms with Gasteiger partial charge in [-0.05, 0) is 24.8 Å². The van der Waals surface area contributed by atoms with Gasteiger partial charge in [-0.1, -0.05) is 11.2 Å². The highest BCUT2D eigenvalue weighted by Crippen LogP contribution is 2.09. The fraction of sp³-hybridized carbons (Fsp3) is 0.429. The van der Waals surface area contributed by atoms with Gasteiger partial charge in [-0.2, -0.15) is 0 Å². The van der Waals surface area contributed by atoms with Crippen molar-refractivity contribution in [3.05, 3.63) is 40.4 Å². The molecule has 0 spiro atoms. The van der Waals surface area contributed by atoms with Gasteiger partial charge in [-0.3, -0.25) is 0 Å². The molecule has 0 radical (unpaired) electrons. The van der Waals surface area contributed by atoms with Gasteiger partial charge in [0.05, 0.1) is 6.54 Å². The first-order valence-corrected chi connectivity index (χ1v) is 7.58. The van der Waals surface area contributed by atoms with Gasteiger partial charge in [-0.25, -0.2) is 4.99 Å². The number of thiophene rings is 1. The number of nitrogens with zero attached hydrogens (tertiary/aromatic N) is 3. The summed E-state index contributed by atoms with van der Waals surface area (Å²) in [6, 6.07) is 6.08. The molecule has 108 valence electrons. The first kappa shape index (κ1) is 14.6. The van der Waals surface area contributed by atoms with Crippen molar-refractivity contribution in [1.29, 1.82) is 0 Å². The van der Waals surface area contributed by atoms with E-state index in [4.69, 9.17) is 4.52 Å². The summed E-state index contributed by atoms with van der Waals surface area (Å²) in [5.41, 5.74) is 0.840. The van der Waals surface area contributed by atoms with Crippen LogP contribution >= 0.6 is 11.3 Å². The molecule has 5 nitrogen and oxygen atoms in total. The zero-order chi connectivity index (χ0) is 14.2. The second kappa shape index (κ2) is 7.69. The topological polar surface area (TPSA) is 53.7 Å². The third-order valence-corrected chi connectivity index (χ3v) is 3.79. The van der Waals surface area contributed by atoms with Crippen LogP contribution in [-0.2, 0) is 13.0 Å². The van der Waals surface area contributed by atoms with E-state index >= 15 is 0 Å². The van der Waals surface area contributed by atoms with Crippen molar-refractivity contribution in [2.45, 2.75) is 19.9 Å². The molecule has 0 fully saturated rings. The van der Waals surface area contributed by atoms with Crippen LogP contribution in [0, 0.1) is 0 Å². The minimum Gasteiger partial charge on any atom is -0.364 e. The number of guanidine groups is 1. The Hall–Kier alpha value is -1.82. The molecule has 0 unspecified atom stereocenters. The zero-order valence-corrected chi connectivity index (χ0v) is 12.7. The number of hydrogen-bond donors (Lipinski definition) is 1. The fourth-order valence-electron chi connectivity index (χ4n) is 1.78. The summed E-state index contributed by atoms with van der Waals surface area (Å²) in [4.78, 5) is 8.10. The van der Waals surface area contributed by atoms with Crippen molar-refractivity contribution in [3.8, 4) is 0 Å². The fourth-order valence-corrected chi connectivity index (χ4v) is 2.48. The highest BCUT2D eigenvalue weighted by atomic mass is 32.1. The van der Waals surface area contributed by atoms with Crippen molar-refractivity contribution in [1.82, 2.24) is 15.4 Å². The molecule has 6 heteroatoms. The Morgan fingerprint density at radius 3 is 3.05 bits per heavy atom. The maximum absolute atomic E-state index is 4.81. The summed E-state index contributed by atoms with van der Waals surface area (Å²) < 4.78 is 4.81. The van der Waals surface area contributed by atoms with E-state index in [9.17, 15) is 0 Å². The molecule has 0 bridgehead atoms. The quantitative estimate of drug-likeness (QED) is 0.656. The van der Waals surface area contributed by atoms with Crippen LogP contribution in [0.5, 0.6) is 0 Å². The van der Waals surface area contributed by atoms with Crippen LogP contribution in [-0.4, -0.2) is 36.2 Å². The lowest BCUT2D eigenvalue weighted by atomic mass is 10.3. The normalized spacial score (nSPS) is 11.6. The van der Waals surface area contributed by atoms with Gasteiger partial charge in [0.15, 0.2) is 5.96 Å². The van der Waals surface area contributed by atoms with Crippen LogP contribution < -0.4 is 5.32 Å². The Bertz CT molecular complexity index is 507. The maximum atomic E-state index is 4.81. The van der Waals surface area contributed by atoms with Crippen molar-refractivity contribution in [2.75, 3.05) is 20.1 Å². The Labute approximate surface area is 123 Å². The predicted molar refractivity (Wildman–Crippen MR) is 82.0 cm³/mol. The average Bonchev–Trinajstić information content (AvgIpc) is 3.13. The summed E-state index contributed by atoms with van der Waals surface area (Å²) in [7, 11) is 2.05. The predicted octanol–water partition coefficient (Wildman–Crippen LogP) is 2.38. The first-order chi connectivity index (χ1) is 9.79. The van der Waals surface area contributed by atoms with Gasteiger partial charge in [0.1, 0.15) is 12.0 Å². The minimum absolute atomic E-state index is 0.530. The number of rotatable bonds is 6. The standard InChI is InChI=1S/C14H20N4OS/c1-3-15-14(16-11-12-7-9-19-17-12)18(2)8-6-13-5-4-10-20-13/h4-5,7,9-10H,3,6,8,11H2,1-2H3,(H,15,16). The third-order valence-electron chi connectivity index (χ3n) is 2.85. The second-order valence-corrected chi connectivity index (χ2v) is 5.44. The van der Waals surface area contributed by atoms with Gasteiger partial charge >= 0.3 is 0 Å². The average molecular weight is 292 g/mol. The van der Waals surface area contributed by atoms with Crippen LogP contribution in [0.15, 0.2) is 39.4 Å². The summed E-state index contributed by atoms with van der Waals surface area (Å²) in [5, 5.41) is 9.27. The molecule has 0 atom stereocenters. The van der Waals surface area contributed by atoms with E-state index in [1.807, 2.05) is 6.07 Å². The van der Waals surface area contributed by atoms with Crippen LogP contribution in [0.4, 0.5) is 0 Å². The Morgan fingerprint density at radius 2 is 2.40 bits per heavy atom. The van der Waals surface area contributed by atoms with Crippen LogP contribution in [0.25, 0.3) is 0 Å². The lowest BCUT2D eigenvalue weighted by Crippen LogP contribution is -2.39. The monoisotopic (exact) mass is 292 g/mol. The van der Waals surface area contributed by atoms with Gasteiger partial charge in [0.2, 0.25) is 0 Å². The van der Waals surface area contributed by atoms with E-state index in [0.29, 0.717) is 6.54 Å². The van der Waals surface area contributed by atoms with E-state index in [0.717, 1.165) is 31.2 Å². The van der Waals surface area contributed by atoms with E-state index in [-0.39, 0.29) is 0 Å². The molecular formula is C14H20N4OS. The molecular weight excluding hydrogens is 272 g/mol. The zero-order valence-electron chi connectivity index (χ0n) is 11.9. The number of aromatic nitrogens is 1. The van der Waals surface area contributed by atoms with Crippen molar-refractivity contribution >= 4 is 17.3 Å². The van der Waals surface area contributed by atoms with Crippen LogP contribution in [0.2, 0.25) is 0 Å². The summed E-state index contributed by atoms with van der Waals surface area (Å²) in [6.07, 6.45) is 2.60. The van der Waals surface area contributed by atoms with E-state index < -0.39 is 0 Å². The number of aliphatic imine (C=N–C) groups is 1. The molecule has 0 aliphatic carbocycles. The van der Waals surface area contributed by atoms with Crippen LogP contribution in [0.1, 0.15) is 17.5 Å². The lowest BCUT2D eigenvalue weighted by molar-refractivity contribution is 0.411. The summed E-state index contributed by atoms with van der Waals surface area (Å²) in [5.74, 6) is 0.895. The summed E-state index contributed by atoms with van der Waals surface area (Å²) in [6.45, 7) is 4.38. The first-order valence-electron chi connectivity index (χ1n) is 6.70. The van der Waals surface area contributed by atoms with Gasteiger partial charge in [0, 0.05) is 31.1 Å². The van der Waals surface area contributed by atoms with E-state index in [1.54, 1.807) is 17.6 Å². The van der Waals surface area contributed by atoms with E-state index in [1.165, 1.54) is 4.88 Å². The molecule has 1 N–H and O–H groups in total. The SMILES string of the molecule is CCNC(=NCc1ccon1)N(C)CCc1cccs1. The molecule has 0 aromatic carbocycles. The molecule has 2 rings (SSSR count). The largest absolute Gasteiger partial charge is 0.364 e. The minimum atomic E-state index is 0.530. The second-order valence-electron chi connectivity index (χ2n) is 4.41. The van der Waals surface area contributed by atoms with Gasteiger partial charge < -0.3 is 14.7 Å². The van der Waals surface area contributed by atoms with Gasteiger partial charge in [0.25, 0.3) is 0 Å². The lowest BCUT2D eigenvalue weighted by Gasteiger charge is -2.21. The molecule has 2 aromatic heterocycles. The number of hydrogen-bond acceptors (Lipinski definition) is 4. The third kappa shape index (κ3) is 4.38. The Kier molecular flexibility index (Phi) is 5.61. The smallest absolute Gasteiger partial charge is 0.194 e. The number of likely N-dealkylation sites (N-methyl/N-ethyl adjacent to an activating group) is 1. The van der Waals surface area contributed by atoms with Crippen LogP contribution in [0.3, 0.4) is 0 Å². The maximum Gasteiger partial charge on any atom is 0.194 e. The van der Waals surface area contributed by atoms with Crippen molar-refractivity contribution in [3.63, 3.8) is 0 Å². The Morgan fingerprint density at radius 1 is 1.50 bits per heavy atom. The highest BCUT2D eigenvalue weighted by Gasteiger charge is 2.06. The molecule has 2 aromatic rings. The Balaban J connectivity index is 1.90. The van der Waals surface area contributed by atoms with Crippen molar-refractivity contribution in [2.24, 2.45) is 4.99 Å². The molecule has 0 saturated carbocycles. The van der Waals surface area contributed by atoms with Gasteiger partial charge in [-0.15, -0.1) is 11.3 Å². The summed E-state index contributed by atoms with van der Waals surface area (Å²) >= 11 is 1.79. The molecule has 0 aliphatic rings. The van der Waals surface area contributed by atoms with Crippen molar-refractivity contribution < 1.29 is 4.52 Å². The van der Waals surface area contributed by atoms with E-state index in [2.05, 4.69) is 51.8 Å².